The number of aliphatic imine (C=N–C) groups is 1. The summed E-state index contributed by atoms with van der Waals surface area (Å²) in [6, 6.07) is 11.1. The Morgan fingerprint density at radius 3 is 2.34 bits per heavy atom. The zero-order valence-corrected chi connectivity index (χ0v) is 27.3. The highest BCUT2D eigenvalue weighted by molar-refractivity contribution is 5.95. The van der Waals surface area contributed by atoms with Crippen molar-refractivity contribution in [3.05, 3.63) is 71.9 Å². The molecule has 1 aliphatic rings. The Balaban J connectivity index is 1.56. The average Bonchev–Trinajstić information content (AvgIpc) is 3.70. The van der Waals surface area contributed by atoms with Crippen LogP contribution in [0.3, 0.4) is 0 Å². The molecular weight excluding hydrogens is 603 g/mol. The van der Waals surface area contributed by atoms with Crippen molar-refractivity contribution in [2.75, 3.05) is 6.54 Å². The van der Waals surface area contributed by atoms with Gasteiger partial charge in [0.15, 0.2) is 0 Å². The van der Waals surface area contributed by atoms with Gasteiger partial charge >= 0.3 is 5.97 Å². The molecule has 1 fully saturated rings. The molecule has 12 heteroatoms. The van der Waals surface area contributed by atoms with Crippen molar-refractivity contribution < 1.29 is 28.7 Å². The van der Waals surface area contributed by atoms with Crippen molar-refractivity contribution in [1.82, 2.24) is 20.5 Å². The Morgan fingerprint density at radius 2 is 1.68 bits per heavy atom. The summed E-state index contributed by atoms with van der Waals surface area (Å²) in [6.45, 7) is 7.26. The maximum absolute atomic E-state index is 15.9. The van der Waals surface area contributed by atoms with Gasteiger partial charge in [0, 0.05) is 36.5 Å². The number of carbonyl (C=O) groups is 4. The molecule has 4 rings (SSSR count). The van der Waals surface area contributed by atoms with Gasteiger partial charge in [-0.3, -0.25) is 14.4 Å². The van der Waals surface area contributed by atoms with Crippen LogP contribution < -0.4 is 16.4 Å². The van der Waals surface area contributed by atoms with Gasteiger partial charge in [-0.15, -0.1) is 0 Å². The Hall–Kier alpha value is -4.58. The number of aliphatic carboxylic acids is 1. The number of nitrogens with zero attached hydrogens (tertiary/aromatic N) is 2. The fourth-order valence-electron chi connectivity index (χ4n) is 5.79. The van der Waals surface area contributed by atoms with E-state index in [0.29, 0.717) is 12.8 Å². The van der Waals surface area contributed by atoms with E-state index in [4.69, 9.17) is 5.73 Å². The number of hydrogen-bond acceptors (Lipinski definition) is 6. The molecule has 2 aromatic carbocycles. The molecule has 252 valence electrons. The molecule has 1 saturated heterocycles. The topological polar surface area (TPSA) is 170 Å². The monoisotopic (exact) mass is 648 g/mol. The quantitative estimate of drug-likeness (QED) is 0.168. The lowest BCUT2D eigenvalue weighted by molar-refractivity contribution is -0.144. The Labute approximate surface area is 274 Å². The number of nitrogens with two attached hydrogens (primary N) is 1. The second kappa shape index (κ2) is 15.8. The number of para-hydroxylation sites is 1. The standard InChI is InChI=1S/C35H45FN6O5/c1-20(2)29(37)33(44)41-30(21(3)4)31(36)39-26(17-22-11-6-5-7-12-22)34(45)42-16-10-15-28(42)32(43)40-27(35(46)47)18-23-19-38-25-14-9-8-13-24(23)25/h5-9,11-14,19-21,26-30,38H,10,15-18,37H2,1-4H3,(H,40,43)(H,41,44)(H,46,47)/t26-,27-,28-,29-,30-/m0/s1. The molecule has 3 aromatic rings. The van der Waals surface area contributed by atoms with Crippen LogP contribution in [-0.4, -0.2) is 81.4 Å². The zero-order chi connectivity index (χ0) is 34.2. The third kappa shape index (κ3) is 8.82. The van der Waals surface area contributed by atoms with Gasteiger partial charge in [-0.25, -0.2) is 9.79 Å². The van der Waals surface area contributed by atoms with E-state index in [1.165, 1.54) is 4.90 Å². The van der Waals surface area contributed by atoms with E-state index >= 15 is 4.39 Å². The van der Waals surface area contributed by atoms with E-state index in [9.17, 15) is 24.3 Å². The van der Waals surface area contributed by atoms with Crippen LogP contribution in [0, 0.1) is 11.8 Å². The second-order valence-corrected chi connectivity index (χ2v) is 12.8. The molecule has 6 N–H and O–H groups in total. The van der Waals surface area contributed by atoms with Gasteiger partial charge in [0.25, 0.3) is 0 Å². The molecule has 0 saturated carbocycles. The van der Waals surface area contributed by atoms with E-state index < -0.39 is 65.8 Å². The van der Waals surface area contributed by atoms with Crippen LogP contribution in [0.2, 0.25) is 0 Å². The number of rotatable bonds is 14. The third-order valence-corrected chi connectivity index (χ3v) is 8.63. The second-order valence-electron chi connectivity index (χ2n) is 12.8. The number of aromatic amines is 1. The van der Waals surface area contributed by atoms with Gasteiger partial charge in [-0.2, -0.15) is 4.39 Å². The number of hydrogen-bond donors (Lipinski definition) is 5. The van der Waals surface area contributed by atoms with E-state index in [0.717, 1.165) is 22.0 Å². The molecule has 1 aromatic heterocycles. The van der Waals surface area contributed by atoms with E-state index in [1.54, 1.807) is 58.2 Å². The summed E-state index contributed by atoms with van der Waals surface area (Å²) >= 11 is 0. The summed E-state index contributed by atoms with van der Waals surface area (Å²) in [5.74, 6) is -4.36. The molecule has 0 bridgehead atoms. The van der Waals surface area contributed by atoms with Crippen LogP contribution >= 0.6 is 0 Å². The predicted octanol–water partition coefficient (Wildman–Crippen LogP) is 3.37. The molecule has 0 unspecified atom stereocenters. The fourth-order valence-corrected chi connectivity index (χ4v) is 5.79. The number of halogens is 1. The lowest BCUT2D eigenvalue weighted by Gasteiger charge is -2.29. The normalized spacial score (nSPS) is 17.8. The van der Waals surface area contributed by atoms with Crippen molar-refractivity contribution in [3.8, 4) is 0 Å². The molecule has 0 aliphatic carbocycles. The Morgan fingerprint density at radius 1 is 1.00 bits per heavy atom. The number of nitrogens with one attached hydrogen (secondary N) is 3. The van der Waals surface area contributed by atoms with Crippen molar-refractivity contribution in [2.24, 2.45) is 22.6 Å². The van der Waals surface area contributed by atoms with Crippen molar-refractivity contribution >= 4 is 40.6 Å². The number of benzene rings is 2. The number of aromatic nitrogens is 1. The first kappa shape index (κ1) is 35.3. The fraction of sp³-hybridized carbons (Fsp3) is 0.457. The van der Waals surface area contributed by atoms with Crippen molar-refractivity contribution in [2.45, 2.75) is 83.6 Å². The van der Waals surface area contributed by atoms with Crippen molar-refractivity contribution in [3.63, 3.8) is 0 Å². The molecular formula is C35H45FN6O5. The number of carboxylic acids is 1. The molecule has 5 atom stereocenters. The first-order valence-electron chi connectivity index (χ1n) is 16.1. The summed E-state index contributed by atoms with van der Waals surface area (Å²) in [5, 5.41) is 16.1. The molecule has 47 heavy (non-hydrogen) atoms. The minimum atomic E-state index is -1.23. The van der Waals surface area contributed by atoms with Gasteiger partial charge in [-0.05, 0) is 41.9 Å². The van der Waals surface area contributed by atoms with Gasteiger partial charge in [0.1, 0.15) is 24.2 Å². The van der Waals surface area contributed by atoms with Crippen LogP contribution in [-0.2, 0) is 32.0 Å². The van der Waals surface area contributed by atoms with Crippen LogP contribution in [0.4, 0.5) is 4.39 Å². The van der Waals surface area contributed by atoms with Crippen molar-refractivity contribution in [1.29, 1.82) is 0 Å². The first-order valence-corrected chi connectivity index (χ1v) is 16.1. The van der Waals surface area contributed by atoms with E-state index in [2.05, 4.69) is 20.6 Å². The molecule has 2 heterocycles. The highest BCUT2D eigenvalue weighted by Crippen LogP contribution is 2.23. The van der Waals surface area contributed by atoms with Gasteiger partial charge in [0.05, 0.1) is 6.04 Å². The molecule has 1 aliphatic heterocycles. The lowest BCUT2D eigenvalue weighted by atomic mass is 10.0. The largest absolute Gasteiger partial charge is 0.480 e. The average molecular weight is 649 g/mol. The smallest absolute Gasteiger partial charge is 0.326 e. The number of carbonyl (C=O) groups excluding carboxylic acids is 3. The maximum Gasteiger partial charge on any atom is 0.326 e. The number of carboxylic acid groups (broad SMARTS) is 1. The summed E-state index contributed by atoms with van der Waals surface area (Å²) in [4.78, 5) is 61.3. The molecule has 0 radical (unpaired) electrons. The predicted molar refractivity (Wildman–Crippen MR) is 178 cm³/mol. The van der Waals surface area contributed by atoms with Gasteiger partial charge < -0.3 is 31.4 Å². The maximum atomic E-state index is 15.9. The Kier molecular flexibility index (Phi) is 11.9. The number of likely N-dealkylation sites (tertiary alicyclic amines) is 1. The Bertz CT molecular complexity index is 1590. The summed E-state index contributed by atoms with van der Waals surface area (Å²) in [5.41, 5.74) is 8.31. The minimum absolute atomic E-state index is 0.0423. The first-order chi connectivity index (χ1) is 22.4. The summed E-state index contributed by atoms with van der Waals surface area (Å²) < 4.78 is 15.9. The number of H-pyrrole nitrogens is 1. The lowest BCUT2D eigenvalue weighted by Crippen LogP contribution is -2.53. The van der Waals surface area contributed by atoms with Crippen LogP contribution in [0.5, 0.6) is 0 Å². The van der Waals surface area contributed by atoms with Crippen LogP contribution in [0.1, 0.15) is 51.7 Å². The minimum Gasteiger partial charge on any atom is -0.480 e. The van der Waals surface area contributed by atoms with E-state index in [-0.39, 0.29) is 25.3 Å². The summed E-state index contributed by atoms with van der Waals surface area (Å²) in [7, 11) is 0. The highest BCUT2D eigenvalue weighted by Gasteiger charge is 2.39. The summed E-state index contributed by atoms with van der Waals surface area (Å²) in [6.07, 6.45) is 2.65. The number of fused-ring (bicyclic) bond motifs is 1. The van der Waals surface area contributed by atoms with E-state index in [1.807, 2.05) is 30.3 Å². The van der Waals surface area contributed by atoms with Gasteiger partial charge in [-0.1, -0.05) is 76.2 Å². The molecule has 3 amide bonds. The third-order valence-electron chi connectivity index (χ3n) is 8.63. The van der Waals surface area contributed by atoms with Crippen LogP contribution in [0.15, 0.2) is 65.8 Å². The van der Waals surface area contributed by atoms with Crippen LogP contribution in [0.25, 0.3) is 10.9 Å². The van der Waals surface area contributed by atoms with Gasteiger partial charge in [0.2, 0.25) is 23.7 Å². The SMILES string of the molecule is CC(C)[C@H](N)C(=O)N[C@H](C(F)=N[C@@H](Cc1ccccc1)C(=O)N1CCC[C@H]1C(=O)N[C@@H](Cc1c[nH]c2ccccc12)C(=O)O)C(C)C. The molecule has 0 spiro atoms. The number of amides is 3. The zero-order valence-electron chi connectivity index (χ0n) is 27.3. The molecule has 11 nitrogen and oxygen atoms in total. The highest BCUT2D eigenvalue weighted by atomic mass is 19.1.